The molecule has 0 radical (unpaired) electrons. The quantitative estimate of drug-likeness (QED) is 0.780. The van der Waals surface area contributed by atoms with Gasteiger partial charge in [0.25, 0.3) is 5.91 Å². The van der Waals surface area contributed by atoms with Gasteiger partial charge in [-0.1, -0.05) is 12.1 Å². The van der Waals surface area contributed by atoms with Crippen molar-refractivity contribution >= 4 is 11.9 Å². The fraction of sp³-hybridized carbons (Fsp3) is 0.333. The number of carbonyl (C=O) groups is 2. The van der Waals surface area contributed by atoms with E-state index in [-0.39, 0.29) is 24.1 Å². The summed E-state index contributed by atoms with van der Waals surface area (Å²) in [6.45, 7) is 1.93. The molecule has 2 rings (SSSR count). The smallest absolute Gasteiger partial charge is 0.310 e. The predicted molar refractivity (Wildman–Crippen MR) is 77.9 cm³/mol. The molecular formula is C15H17N3O4. The minimum absolute atomic E-state index is 0.179. The second kappa shape index (κ2) is 6.84. The molecule has 0 aromatic carbocycles. The molecule has 7 nitrogen and oxygen atoms in total. The van der Waals surface area contributed by atoms with Crippen molar-refractivity contribution in [2.24, 2.45) is 5.92 Å². The molecule has 0 N–H and O–H groups in total. The highest BCUT2D eigenvalue weighted by atomic mass is 16.5. The Morgan fingerprint density at radius 3 is 2.86 bits per heavy atom. The van der Waals surface area contributed by atoms with E-state index >= 15 is 0 Å². The van der Waals surface area contributed by atoms with Crippen LogP contribution in [0.25, 0.3) is 11.3 Å². The maximum absolute atomic E-state index is 12.3. The third kappa shape index (κ3) is 3.49. The van der Waals surface area contributed by atoms with Gasteiger partial charge in [0.05, 0.1) is 13.0 Å². The minimum Gasteiger partial charge on any atom is -0.469 e. The molecule has 1 atom stereocenters. The minimum atomic E-state index is -0.413. The molecule has 0 saturated carbocycles. The lowest BCUT2D eigenvalue weighted by atomic mass is 10.1. The van der Waals surface area contributed by atoms with Crippen LogP contribution in [0.5, 0.6) is 0 Å². The van der Waals surface area contributed by atoms with Crippen LogP contribution in [0.4, 0.5) is 0 Å². The molecule has 116 valence electrons. The summed E-state index contributed by atoms with van der Waals surface area (Å²) in [5, 5.41) is 3.78. The number of methoxy groups -OCH3 is 1. The largest absolute Gasteiger partial charge is 0.469 e. The summed E-state index contributed by atoms with van der Waals surface area (Å²) >= 11 is 0. The van der Waals surface area contributed by atoms with Gasteiger partial charge in [-0.25, -0.2) is 0 Å². The highest BCUT2D eigenvalue weighted by Gasteiger charge is 2.22. The van der Waals surface area contributed by atoms with Crippen molar-refractivity contribution in [3.63, 3.8) is 0 Å². The second-order valence-corrected chi connectivity index (χ2v) is 4.93. The van der Waals surface area contributed by atoms with Gasteiger partial charge in [-0.05, 0) is 12.1 Å². The van der Waals surface area contributed by atoms with Gasteiger partial charge in [0, 0.05) is 37.6 Å². The first kappa shape index (κ1) is 15.7. The SMILES string of the molecule is COC(=O)[C@H](C)CN(C)C(=O)c1cc(-c2cccnc2)on1. The van der Waals surface area contributed by atoms with Crippen LogP contribution in [0.15, 0.2) is 35.1 Å². The van der Waals surface area contributed by atoms with E-state index in [1.807, 2.05) is 6.07 Å². The lowest BCUT2D eigenvalue weighted by Gasteiger charge is -2.18. The molecule has 7 heteroatoms. The van der Waals surface area contributed by atoms with Gasteiger partial charge in [-0.2, -0.15) is 0 Å². The summed E-state index contributed by atoms with van der Waals surface area (Å²) in [6, 6.07) is 5.13. The first-order chi connectivity index (χ1) is 10.5. The normalized spacial score (nSPS) is 11.8. The van der Waals surface area contributed by atoms with Crippen LogP contribution in [0, 0.1) is 5.92 Å². The Balaban J connectivity index is 2.07. The van der Waals surface area contributed by atoms with E-state index in [1.54, 1.807) is 38.5 Å². The molecule has 0 saturated heterocycles. The molecule has 0 spiro atoms. The van der Waals surface area contributed by atoms with E-state index < -0.39 is 5.92 Å². The van der Waals surface area contributed by atoms with Crippen molar-refractivity contribution in [2.75, 3.05) is 20.7 Å². The van der Waals surface area contributed by atoms with Crippen molar-refractivity contribution in [1.29, 1.82) is 0 Å². The van der Waals surface area contributed by atoms with Crippen LogP contribution in [0.3, 0.4) is 0 Å². The maximum atomic E-state index is 12.3. The van der Waals surface area contributed by atoms with Crippen molar-refractivity contribution < 1.29 is 18.8 Å². The summed E-state index contributed by atoms with van der Waals surface area (Å²) in [7, 11) is 2.92. The Morgan fingerprint density at radius 2 is 2.23 bits per heavy atom. The predicted octanol–water partition coefficient (Wildman–Crippen LogP) is 1.62. The molecule has 2 heterocycles. The number of amides is 1. The standard InChI is InChI=1S/C15H17N3O4/c1-10(15(20)21-3)9-18(2)14(19)12-7-13(22-17-12)11-5-4-6-16-8-11/h4-8,10H,9H2,1-3H3/t10-/m1/s1. The van der Waals surface area contributed by atoms with Crippen LogP contribution >= 0.6 is 0 Å². The van der Waals surface area contributed by atoms with Crippen molar-refractivity contribution in [2.45, 2.75) is 6.92 Å². The Kier molecular flexibility index (Phi) is 4.88. The summed E-state index contributed by atoms with van der Waals surface area (Å²) in [5.41, 5.74) is 0.915. The third-order valence-electron chi connectivity index (χ3n) is 3.17. The Hall–Kier alpha value is -2.70. The fourth-order valence-electron chi connectivity index (χ4n) is 1.99. The van der Waals surface area contributed by atoms with Gasteiger partial charge >= 0.3 is 5.97 Å². The van der Waals surface area contributed by atoms with Crippen molar-refractivity contribution in [3.05, 3.63) is 36.3 Å². The van der Waals surface area contributed by atoms with E-state index in [9.17, 15) is 9.59 Å². The Bertz CT molecular complexity index is 654. The van der Waals surface area contributed by atoms with Crippen molar-refractivity contribution in [3.8, 4) is 11.3 Å². The number of nitrogens with zero attached hydrogens (tertiary/aromatic N) is 3. The molecule has 2 aromatic heterocycles. The van der Waals surface area contributed by atoms with E-state index in [0.29, 0.717) is 5.76 Å². The number of pyridine rings is 1. The van der Waals surface area contributed by atoms with Crippen LogP contribution in [-0.2, 0) is 9.53 Å². The second-order valence-electron chi connectivity index (χ2n) is 4.93. The van der Waals surface area contributed by atoms with E-state index in [4.69, 9.17) is 4.52 Å². The molecule has 22 heavy (non-hydrogen) atoms. The number of esters is 1. The fourth-order valence-corrected chi connectivity index (χ4v) is 1.99. The highest BCUT2D eigenvalue weighted by Crippen LogP contribution is 2.19. The van der Waals surface area contributed by atoms with Gasteiger partial charge < -0.3 is 14.2 Å². The summed E-state index contributed by atoms with van der Waals surface area (Å²) in [6.07, 6.45) is 3.27. The molecule has 1 amide bonds. The monoisotopic (exact) mass is 303 g/mol. The zero-order valence-corrected chi connectivity index (χ0v) is 12.6. The number of hydrogen-bond acceptors (Lipinski definition) is 6. The van der Waals surface area contributed by atoms with Crippen LogP contribution in [0.2, 0.25) is 0 Å². The van der Waals surface area contributed by atoms with Gasteiger partial charge in [-0.15, -0.1) is 0 Å². The molecule has 0 aliphatic carbocycles. The first-order valence-corrected chi connectivity index (χ1v) is 6.73. The summed E-state index contributed by atoms with van der Waals surface area (Å²) < 4.78 is 9.81. The maximum Gasteiger partial charge on any atom is 0.310 e. The first-order valence-electron chi connectivity index (χ1n) is 6.73. The van der Waals surface area contributed by atoms with E-state index in [0.717, 1.165) is 5.56 Å². The van der Waals surface area contributed by atoms with Crippen molar-refractivity contribution in [1.82, 2.24) is 15.0 Å². The molecular weight excluding hydrogens is 286 g/mol. The van der Waals surface area contributed by atoms with Gasteiger partial charge in [0.1, 0.15) is 0 Å². The number of carbonyl (C=O) groups excluding carboxylic acids is 2. The van der Waals surface area contributed by atoms with Crippen LogP contribution < -0.4 is 0 Å². The molecule has 0 aliphatic heterocycles. The number of rotatable bonds is 5. The average molecular weight is 303 g/mol. The number of ether oxygens (including phenoxy) is 1. The molecule has 0 unspecified atom stereocenters. The number of aromatic nitrogens is 2. The van der Waals surface area contributed by atoms with E-state index in [1.165, 1.54) is 12.0 Å². The highest BCUT2D eigenvalue weighted by molar-refractivity contribution is 5.93. The molecule has 2 aromatic rings. The van der Waals surface area contributed by atoms with Gasteiger partial charge in [0.2, 0.25) is 0 Å². The molecule has 0 fully saturated rings. The summed E-state index contributed by atoms with van der Waals surface area (Å²) in [4.78, 5) is 29.1. The van der Waals surface area contributed by atoms with E-state index in [2.05, 4.69) is 14.9 Å². The summed E-state index contributed by atoms with van der Waals surface area (Å²) in [5.74, 6) is -0.639. The topological polar surface area (TPSA) is 85.5 Å². The molecule has 0 aliphatic rings. The molecule has 0 bridgehead atoms. The Labute approximate surface area is 127 Å². The zero-order valence-electron chi connectivity index (χ0n) is 12.6. The van der Waals surface area contributed by atoms with Crippen LogP contribution in [-0.4, -0.2) is 47.6 Å². The third-order valence-corrected chi connectivity index (χ3v) is 3.17. The Morgan fingerprint density at radius 1 is 1.45 bits per heavy atom. The van der Waals surface area contributed by atoms with Crippen LogP contribution in [0.1, 0.15) is 17.4 Å². The zero-order chi connectivity index (χ0) is 16.1. The average Bonchev–Trinajstić information content (AvgIpc) is 3.03. The van der Waals surface area contributed by atoms with Gasteiger partial charge in [0.15, 0.2) is 11.5 Å². The lowest BCUT2D eigenvalue weighted by Crippen LogP contribution is -2.34. The van der Waals surface area contributed by atoms with Gasteiger partial charge in [-0.3, -0.25) is 14.6 Å². The number of hydrogen-bond donors (Lipinski definition) is 0. The lowest BCUT2D eigenvalue weighted by molar-refractivity contribution is -0.145.